The van der Waals surface area contributed by atoms with E-state index >= 15 is 0 Å². The lowest BCUT2D eigenvalue weighted by atomic mass is 9.87. The number of likely N-dealkylation sites (tertiary alicyclic amines) is 2. The summed E-state index contributed by atoms with van der Waals surface area (Å²) < 4.78 is 80.7. The second-order valence-corrected chi connectivity index (χ2v) is 22.6. The van der Waals surface area contributed by atoms with Crippen molar-refractivity contribution in [2.45, 2.75) is 99.3 Å². The van der Waals surface area contributed by atoms with Gasteiger partial charge in [0.25, 0.3) is 0 Å². The summed E-state index contributed by atoms with van der Waals surface area (Å²) in [5, 5.41) is 9.49. The van der Waals surface area contributed by atoms with E-state index < -0.39 is 48.7 Å². The molecule has 4 fully saturated rings. The van der Waals surface area contributed by atoms with Gasteiger partial charge in [0.1, 0.15) is 6.17 Å². The predicted molar refractivity (Wildman–Crippen MR) is 255 cm³/mol. The molecule has 8 rings (SSSR count). The second-order valence-electron chi connectivity index (χ2n) is 17.4. The summed E-state index contributed by atoms with van der Waals surface area (Å²) in [6.45, 7) is 2.98. The van der Waals surface area contributed by atoms with Gasteiger partial charge >= 0.3 is 11.9 Å². The van der Waals surface area contributed by atoms with E-state index in [1.165, 1.54) is 22.8 Å². The summed E-state index contributed by atoms with van der Waals surface area (Å²) in [4.78, 5) is 28.0. The van der Waals surface area contributed by atoms with Gasteiger partial charge in [-0.3, -0.25) is 8.61 Å². The van der Waals surface area contributed by atoms with Crippen LogP contribution in [0.4, 0.5) is 15.8 Å². The number of anilines is 2. The Bertz CT molecular complexity index is 2340. The first-order chi connectivity index (χ1) is 31.5. The van der Waals surface area contributed by atoms with Crippen LogP contribution in [0.3, 0.4) is 0 Å². The van der Waals surface area contributed by atoms with Gasteiger partial charge in [0.15, 0.2) is 0 Å². The number of carbonyl (C=O) groups is 2. The van der Waals surface area contributed by atoms with Gasteiger partial charge in [-0.1, -0.05) is 59.6 Å². The van der Waals surface area contributed by atoms with Crippen molar-refractivity contribution in [3.05, 3.63) is 129 Å². The molecule has 2 saturated heterocycles. The first-order valence-corrected chi connectivity index (χ1v) is 26.0. The smallest absolute Gasteiger partial charge is 0.337 e. The summed E-state index contributed by atoms with van der Waals surface area (Å²) in [7, 11) is -4.72. The lowest BCUT2D eigenvalue weighted by molar-refractivity contribution is -0.00511. The topological polar surface area (TPSA) is 154 Å². The Kier molecular flexibility index (Phi) is 16.4. The number of nitrogens with zero attached hydrogens (tertiary/aromatic N) is 4. The van der Waals surface area contributed by atoms with Crippen LogP contribution < -0.4 is 8.61 Å². The number of benzene rings is 4. The number of methoxy groups -OCH3 is 2. The molecule has 0 bridgehead atoms. The van der Waals surface area contributed by atoms with E-state index in [2.05, 4.69) is 9.80 Å². The first kappa shape index (κ1) is 49.6. The zero-order valence-corrected chi connectivity index (χ0v) is 40.2. The number of esters is 2. The van der Waals surface area contributed by atoms with Crippen LogP contribution in [0.15, 0.2) is 97.1 Å². The summed E-state index contributed by atoms with van der Waals surface area (Å²) in [6.07, 6.45) is 3.81. The fraction of sp³-hybridized carbons (Fsp3) is 0.458. The van der Waals surface area contributed by atoms with Crippen LogP contribution in [0, 0.1) is 0 Å². The van der Waals surface area contributed by atoms with Crippen molar-refractivity contribution in [1.82, 2.24) is 9.80 Å². The fourth-order valence-corrected chi connectivity index (χ4v) is 13.3. The molecule has 0 spiro atoms. The Morgan fingerprint density at radius 2 is 0.985 bits per heavy atom. The van der Waals surface area contributed by atoms with E-state index in [0.717, 1.165) is 24.0 Å². The number of hydrogen-bond acceptors (Lipinski definition) is 11. The highest BCUT2D eigenvalue weighted by Crippen LogP contribution is 2.35. The molecule has 1 N–H and O–H groups in total. The molecule has 0 amide bonds. The van der Waals surface area contributed by atoms with Gasteiger partial charge in [0.2, 0.25) is 20.0 Å². The number of piperidine rings is 2. The molecule has 2 aliphatic carbocycles. The molecule has 66 heavy (non-hydrogen) atoms. The number of alkyl halides is 1. The third kappa shape index (κ3) is 11.9. The number of halogens is 3. The van der Waals surface area contributed by atoms with Crippen molar-refractivity contribution in [1.29, 1.82) is 0 Å². The Morgan fingerprint density at radius 3 is 1.30 bits per heavy atom. The maximum Gasteiger partial charge on any atom is 0.337 e. The minimum absolute atomic E-state index is 0.122. The van der Waals surface area contributed by atoms with E-state index in [-0.39, 0.29) is 25.2 Å². The van der Waals surface area contributed by atoms with Crippen molar-refractivity contribution in [3.8, 4) is 0 Å². The minimum Gasteiger partial charge on any atom is -0.465 e. The highest BCUT2D eigenvalue weighted by atomic mass is 35.5. The summed E-state index contributed by atoms with van der Waals surface area (Å²) in [5.74, 6) is -0.884. The Labute approximate surface area is 397 Å². The molecule has 0 aromatic heterocycles. The normalized spacial score (nSPS) is 21.9. The Hall–Kier alpha value is -4.29. The van der Waals surface area contributed by atoms with Gasteiger partial charge in [0.05, 0.1) is 66.4 Å². The third-order valence-corrected chi connectivity index (χ3v) is 18.2. The average Bonchev–Trinajstić information content (AvgIpc) is 3.30. The highest BCUT2D eigenvalue weighted by Gasteiger charge is 2.41. The number of rotatable bonds is 14. The molecule has 356 valence electrons. The number of aliphatic hydroxyl groups is 1. The quantitative estimate of drug-likeness (QED) is 0.123. The number of sulfonamides is 2. The van der Waals surface area contributed by atoms with Crippen molar-refractivity contribution in [2.24, 2.45) is 0 Å². The predicted octanol–water partition coefficient (Wildman–Crippen LogP) is 7.88. The fourth-order valence-electron chi connectivity index (χ4n) is 9.09. The molecule has 0 radical (unpaired) electrons. The monoisotopic (exact) mass is 986 g/mol. The van der Waals surface area contributed by atoms with Crippen molar-refractivity contribution >= 4 is 66.6 Å². The van der Waals surface area contributed by atoms with Gasteiger partial charge in [-0.05, 0) is 149 Å². The van der Waals surface area contributed by atoms with Gasteiger partial charge in [0, 0.05) is 22.1 Å². The molecule has 2 saturated carbocycles. The third-order valence-electron chi connectivity index (χ3n) is 13.2. The first-order valence-electron chi connectivity index (χ1n) is 22.2. The van der Waals surface area contributed by atoms with Crippen molar-refractivity contribution < 1.29 is 45.4 Å². The lowest BCUT2D eigenvalue weighted by Crippen LogP contribution is -2.52. The molecule has 2 aliphatic heterocycles. The molecular formula is C48H57Cl2FN4O9S2. The van der Waals surface area contributed by atoms with E-state index in [4.69, 9.17) is 32.7 Å². The van der Waals surface area contributed by atoms with E-state index in [1.807, 2.05) is 0 Å². The van der Waals surface area contributed by atoms with E-state index in [0.29, 0.717) is 103 Å². The molecule has 13 nitrogen and oxygen atoms in total. The van der Waals surface area contributed by atoms with Crippen LogP contribution in [0.5, 0.6) is 0 Å². The van der Waals surface area contributed by atoms with E-state index in [9.17, 15) is 35.9 Å². The zero-order chi connectivity index (χ0) is 47.2. The van der Waals surface area contributed by atoms with Crippen molar-refractivity contribution in [2.75, 3.05) is 49.0 Å². The maximum atomic E-state index is 13.8. The number of carbonyl (C=O) groups excluding carboxylic acids is 2. The summed E-state index contributed by atoms with van der Waals surface area (Å²) >= 11 is 12.4. The molecule has 4 aromatic rings. The second kappa shape index (κ2) is 21.8. The van der Waals surface area contributed by atoms with Gasteiger partial charge < -0.3 is 24.4 Å². The standard InChI is InChI=1S/C24H28ClFN2O4S.C24H29ClN2O5S/c1-32-24(29)18-7-5-17(6-8-18)16-28(21-4-2-3-19(25)13-21)33(30,31)23-9-11-27(12-10-23)22-14-20(26)15-22;1-32-24(29)18-7-5-17(6-8-18)16-27(20-4-2-3-19(25)13-20)33(30,31)23-9-11-26(12-10-23)21-14-22(28)15-21/h2-8,13,20,22-23H,9-12,14-16H2,1H3;2-8,13,21-23,28H,9-12,14-16H2,1H3. The van der Waals surface area contributed by atoms with Crippen LogP contribution in [0.1, 0.15) is 83.2 Å². The Balaban J connectivity index is 0.000000196. The molecule has 18 heteroatoms. The molecule has 4 aliphatic rings. The highest BCUT2D eigenvalue weighted by molar-refractivity contribution is 7.93. The van der Waals surface area contributed by atoms with Crippen LogP contribution in [-0.4, -0.2) is 119 Å². The number of aliphatic hydroxyl groups excluding tert-OH is 1. The van der Waals surface area contributed by atoms with Crippen LogP contribution in [0.25, 0.3) is 0 Å². The van der Waals surface area contributed by atoms with Gasteiger partial charge in [-0.25, -0.2) is 30.8 Å². The summed E-state index contributed by atoms with van der Waals surface area (Å²) in [6, 6.07) is 27.7. The lowest BCUT2D eigenvalue weighted by Gasteiger charge is -2.44. The van der Waals surface area contributed by atoms with Crippen LogP contribution >= 0.6 is 23.2 Å². The molecule has 4 aromatic carbocycles. The zero-order valence-electron chi connectivity index (χ0n) is 37.1. The molecule has 2 heterocycles. The Morgan fingerprint density at radius 1 is 0.621 bits per heavy atom. The van der Waals surface area contributed by atoms with E-state index in [1.54, 1.807) is 97.1 Å². The molecule has 0 unspecified atom stereocenters. The van der Waals surface area contributed by atoms with Crippen molar-refractivity contribution in [3.63, 3.8) is 0 Å². The van der Waals surface area contributed by atoms with Crippen LogP contribution in [0.2, 0.25) is 10.0 Å². The SMILES string of the molecule is COC(=O)c1ccc(CN(c2cccc(Cl)c2)S(=O)(=O)C2CCN(C3CC(F)C3)CC2)cc1.COC(=O)c1ccc(CN(c2cccc(Cl)c2)S(=O)(=O)C2CCN(C3CC(O)C3)CC2)cc1. The van der Waals surface area contributed by atoms with Crippen LogP contribution in [-0.2, 0) is 42.6 Å². The number of hydrogen-bond donors (Lipinski definition) is 1. The van der Waals surface area contributed by atoms with Gasteiger partial charge in [-0.2, -0.15) is 0 Å². The average molecular weight is 988 g/mol. The minimum atomic E-state index is -3.69. The largest absolute Gasteiger partial charge is 0.465 e. The number of ether oxygens (including phenoxy) is 2. The maximum absolute atomic E-state index is 13.8. The summed E-state index contributed by atoms with van der Waals surface area (Å²) in [5.41, 5.74) is 3.33. The van der Waals surface area contributed by atoms with Gasteiger partial charge in [-0.15, -0.1) is 0 Å². The molecule has 0 atom stereocenters. The molecular weight excluding hydrogens is 931 g/mol.